The van der Waals surface area contributed by atoms with Gasteiger partial charge in [-0.1, -0.05) is 43.7 Å². The molecule has 0 aliphatic heterocycles. The summed E-state index contributed by atoms with van der Waals surface area (Å²) in [5.41, 5.74) is 2.71. The van der Waals surface area contributed by atoms with Crippen LogP contribution in [0.4, 0.5) is 0 Å². The Morgan fingerprint density at radius 2 is 1.58 bits per heavy atom. The Kier molecular flexibility index (Phi) is 7.11. The zero-order valence-corrected chi connectivity index (χ0v) is 13.2. The molecule has 0 bridgehead atoms. The van der Waals surface area contributed by atoms with Gasteiger partial charge < -0.3 is 5.32 Å². The lowest BCUT2D eigenvalue weighted by molar-refractivity contribution is 0.172. The van der Waals surface area contributed by atoms with Crippen molar-refractivity contribution < 1.29 is 0 Å². The first kappa shape index (κ1) is 16.2. The highest BCUT2D eigenvalue weighted by atomic mass is 15.2. The van der Waals surface area contributed by atoms with Crippen LogP contribution in [0, 0.1) is 6.92 Å². The molecule has 1 rings (SSSR count). The van der Waals surface area contributed by atoms with Crippen LogP contribution in [0.25, 0.3) is 0 Å². The first-order valence-corrected chi connectivity index (χ1v) is 7.61. The fraction of sp³-hybridized carbons (Fsp3) is 0.647. The highest BCUT2D eigenvalue weighted by Crippen LogP contribution is 2.21. The summed E-state index contributed by atoms with van der Waals surface area (Å²) in [7, 11) is 2.07. The van der Waals surface area contributed by atoms with Crippen molar-refractivity contribution in [3.8, 4) is 0 Å². The maximum absolute atomic E-state index is 3.49. The standard InChI is InChI=1S/C17H30N2/c1-6-12-19(13-7-2)15(4)17(18-5)16-10-8-14(3)9-11-16/h8-11,15,17-18H,6-7,12-13H2,1-5H3. The van der Waals surface area contributed by atoms with Crippen LogP contribution < -0.4 is 5.32 Å². The van der Waals surface area contributed by atoms with Gasteiger partial charge in [0.1, 0.15) is 0 Å². The van der Waals surface area contributed by atoms with Crippen LogP contribution in [-0.2, 0) is 0 Å². The Labute approximate surface area is 119 Å². The number of benzene rings is 1. The third-order valence-corrected chi connectivity index (χ3v) is 3.83. The lowest BCUT2D eigenvalue weighted by Gasteiger charge is -2.34. The molecule has 0 saturated heterocycles. The molecule has 19 heavy (non-hydrogen) atoms. The van der Waals surface area contributed by atoms with Gasteiger partial charge in [0.05, 0.1) is 0 Å². The molecule has 2 nitrogen and oxygen atoms in total. The molecule has 0 aliphatic carbocycles. The summed E-state index contributed by atoms with van der Waals surface area (Å²) in [6.07, 6.45) is 2.43. The number of likely N-dealkylation sites (N-methyl/N-ethyl adjacent to an activating group) is 1. The second kappa shape index (κ2) is 8.34. The van der Waals surface area contributed by atoms with Crippen molar-refractivity contribution in [2.24, 2.45) is 0 Å². The van der Waals surface area contributed by atoms with E-state index in [1.54, 1.807) is 0 Å². The van der Waals surface area contributed by atoms with Gasteiger partial charge in [0.15, 0.2) is 0 Å². The smallest absolute Gasteiger partial charge is 0.0473 e. The van der Waals surface area contributed by atoms with Gasteiger partial charge in [0.2, 0.25) is 0 Å². The molecule has 1 N–H and O–H groups in total. The number of rotatable bonds is 8. The van der Waals surface area contributed by atoms with Gasteiger partial charge in [-0.2, -0.15) is 0 Å². The number of hydrogen-bond donors (Lipinski definition) is 1. The summed E-state index contributed by atoms with van der Waals surface area (Å²) in [5, 5.41) is 3.49. The number of nitrogens with one attached hydrogen (secondary N) is 1. The molecule has 1 aromatic rings. The van der Waals surface area contributed by atoms with Crippen molar-refractivity contribution >= 4 is 0 Å². The summed E-state index contributed by atoms with van der Waals surface area (Å²) in [6, 6.07) is 9.84. The molecule has 0 saturated carbocycles. The third-order valence-electron chi connectivity index (χ3n) is 3.83. The molecule has 0 aliphatic rings. The van der Waals surface area contributed by atoms with E-state index in [1.807, 2.05) is 0 Å². The highest BCUT2D eigenvalue weighted by molar-refractivity contribution is 5.25. The molecule has 0 heterocycles. The lowest BCUT2D eigenvalue weighted by atomic mass is 9.98. The number of hydrogen-bond acceptors (Lipinski definition) is 2. The van der Waals surface area contributed by atoms with Crippen LogP contribution in [0.5, 0.6) is 0 Å². The van der Waals surface area contributed by atoms with E-state index in [0.717, 1.165) is 0 Å². The Bertz CT molecular complexity index is 339. The fourth-order valence-corrected chi connectivity index (χ4v) is 2.76. The lowest BCUT2D eigenvalue weighted by Crippen LogP contribution is -2.42. The van der Waals surface area contributed by atoms with Crippen molar-refractivity contribution in [2.75, 3.05) is 20.1 Å². The predicted octanol–water partition coefficient (Wildman–Crippen LogP) is 3.77. The molecule has 2 heteroatoms. The highest BCUT2D eigenvalue weighted by Gasteiger charge is 2.22. The van der Waals surface area contributed by atoms with Crippen molar-refractivity contribution in [2.45, 2.75) is 52.6 Å². The molecule has 1 aromatic carbocycles. The monoisotopic (exact) mass is 262 g/mol. The van der Waals surface area contributed by atoms with Crippen molar-refractivity contribution in [3.63, 3.8) is 0 Å². The summed E-state index contributed by atoms with van der Waals surface area (Å²) in [5.74, 6) is 0. The zero-order chi connectivity index (χ0) is 14.3. The normalized spacial score (nSPS) is 14.6. The van der Waals surface area contributed by atoms with Gasteiger partial charge in [-0.15, -0.1) is 0 Å². The topological polar surface area (TPSA) is 15.3 Å². The van der Waals surface area contributed by atoms with Crippen LogP contribution in [0.3, 0.4) is 0 Å². The minimum atomic E-state index is 0.402. The van der Waals surface area contributed by atoms with E-state index in [2.05, 4.69) is 69.2 Å². The van der Waals surface area contributed by atoms with Gasteiger partial charge in [-0.05, 0) is 52.4 Å². The molecule has 108 valence electrons. The van der Waals surface area contributed by atoms with E-state index in [4.69, 9.17) is 0 Å². The van der Waals surface area contributed by atoms with E-state index < -0.39 is 0 Å². The molecular weight excluding hydrogens is 232 g/mol. The van der Waals surface area contributed by atoms with Gasteiger partial charge >= 0.3 is 0 Å². The van der Waals surface area contributed by atoms with Gasteiger partial charge in [0, 0.05) is 12.1 Å². The van der Waals surface area contributed by atoms with E-state index >= 15 is 0 Å². The molecule has 0 aromatic heterocycles. The molecule has 2 atom stereocenters. The average Bonchev–Trinajstić information content (AvgIpc) is 2.41. The molecule has 0 amide bonds. The summed E-state index contributed by atoms with van der Waals surface area (Å²) < 4.78 is 0. The summed E-state index contributed by atoms with van der Waals surface area (Å²) in [4.78, 5) is 2.60. The maximum Gasteiger partial charge on any atom is 0.0473 e. The molecule has 2 unspecified atom stereocenters. The van der Waals surface area contributed by atoms with Crippen LogP contribution in [0.15, 0.2) is 24.3 Å². The molecule has 0 radical (unpaired) electrons. The Balaban J connectivity index is 2.84. The first-order valence-electron chi connectivity index (χ1n) is 7.61. The van der Waals surface area contributed by atoms with Crippen LogP contribution in [0.1, 0.15) is 50.8 Å². The minimum absolute atomic E-state index is 0.402. The molecular formula is C17H30N2. The summed E-state index contributed by atoms with van der Waals surface area (Å²) in [6.45, 7) is 11.4. The van der Waals surface area contributed by atoms with E-state index in [-0.39, 0.29) is 0 Å². The van der Waals surface area contributed by atoms with Crippen LogP contribution >= 0.6 is 0 Å². The van der Waals surface area contributed by atoms with Gasteiger partial charge in [-0.25, -0.2) is 0 Å². The fourth-order valence-electron chi connectivity index (χ4n) is 2.76. The predicted molar refractivity (Wildman–Crippen MR) is 84.6 cm³/mol. The molecule has 0 fully saturated rings. The van der Waals surface area contributed by atoms with Crippen LogP contribution in [0.2, 0.25) is 0 Å². The summed E-state index contributed by atoms with van der Waals surface area (Å²) >= 11 is 0. The van der Waals surface area contributed by atoms with E-state index in [9.17, 15) is 0 Å². The maximum atomic E-state index is 3.49. The second-order valence-electron chi connectivity index (χ2n) is 5.45. The van der Waals surface area contributed by atoms with Crippen LogP contribution in [-0.4, -0.2) is 31.1 Å². The largest absolute Gasteiger partial charge is 0.312 e. The third kappa shape index (κ3) is 4.63. The second-order valence-corrected chi connectivity index (χ2v) is 5.45. The Morgan fingerprint density at radius 3 is 2.00 bits per heavy atom. The molecule has 0 spiro atoms. The van der Waals surface area contributed by atoms with Crippen molar-refractivity contribution in [1.29, 1.82) is 0 Å². The van der Waals surface area contributed by atoms with Crippen molar-refractivity contribution in [1.82, 2.24) is 10.2 Å². The van der Waals surface area contributed by atoms with Gasteiger partial charge in [0.25, 0.3) is 0 Å². The van der Waals surface area contributed by atoms with E-state index in [1.165, 1.54) is 37.1 Å². The quantitative estimate of drug-likeness (QED) is 0.767. The SMILES string of the molecule is CCCN(CCC)C(C)C(NC)c1ccc(C)cc1. The van der Waals surface area contributed by atoms with E-state index in [0.29, 0.717) is 12.1 Å². The first-order chi connectivity index (χ1) is 9.13. The number of nitrogens with zero attached hydrogens (tertiary/aromatic N) is 1. The average molecular weight is 262 g/mol. The zero-order valence-electron chi connectivity index (χ0n) is 13.2. The Hall–Kier alpha value is -0.860. The number of aryl methyl sites for hydroxylation is 1. The van der Waals surface area contributed by atoms with Crippen molar-refractivity contribution in [3.05, 3.63) is 35.4 Å². The van der Waals surface area contributed by atoms with Gasteiger partial charge in [-0.3, -0.25) is 4.90 Å². The Morgan fingerprint density at radius 1 is 1.05 bits per heavy atom. The minimum Gasteiger partial charge on any atom is -0.312 e.